The monoisotopic (exact) mass is 320 g/mol. The minimum absolute atomic E-state index is 0.392. The van der Waals surface area contributed by atoms with Crippen LogP contribution in [0, 0.1) is 0 Å². The van der Waals surface area contributed by atoms with Crippen LogP contribution in [0.3, 0.4) is 0 Å². The van der Waals surface area contributed by atoms with Crippen molar-refractivity contribution in [1.29, 1.82) is 0 Å². The Balaban J connectivity index is 2.11. The number of rotatable bonds is 2. The molecule has 3 aromatic heterocycles. The van der Waals surface area contributed by atoms with Crippen LogP contribution in [0.4, 0.5) is 0 Å². The molecule has 0 atom stereocenters. The van der Waals surface area contributed by atoms with Crippen molar-refractivity contribution in [1.82, 2.24) is 20.2 Å². The third kappa shape index (κ3) is 2.01. The Morgan fingerprint density at radius 1 is 1.42 bits per heavy atom. The van der Waals surface area contributed by atoms with Crippen LogP contribution in [0.5, 0.6) is 0 Å². The molecule has 3 heterocycles. The van der Waals surface area contributed by atoms with Gasteiger partial charge in [0.15, 0.2) is 5.65 Å². The zero-order valence-corrected chi connectivity index (χ0v) is 11.5. The van der Waals surface area contributed by atoms with Gasteiger partial charge in [0.2, 0.25) is 0 Å². The Kier molecular flexibility index (Phi) is 2.83. The van der Waals surface area contributed by atoms with Crippen LogP contribution in [0.1, 0.15) is 10.5 Å². The topological polar surface area (TPSA) is 83.7 Å². The first-order valence-electron chi connectivity index (χ1n) is 5.46. The average Bonchev–Trinajstić information content (AvgIpc) is 3.03. The molecule has 0 fully saturated rings. The molecule has 19 heavy (non-hydrogen) atoms. The van der Waals surface area contributed by atoms with E-state index in [1.807, 2.05) is 6.07 Å². The van der Waals surface area contributed by atoms with Crippen LogP contribution in [0.2, 0.25) is 0 Å². The van der Waals surface area contributed by atoms with Gasteiger partial charge in [-0.1, -0.05) is 0 Å². The van der Waals surface area contributed by atoms with E-state index in [1.165, 1.54) is 7.11 Å². The van der Waals surface area contributed by atoms with Crippen LogP contribution in [-0.4, -0.2) is 33.2 Å². The molecule has 6 nitrogen and oxygen atoms in total. The molecular formula is C12H9BrN4O2. The summed E-state index contributed by atoms with van der Waals surface area (Å²) in [5, 5.41) is 7.92. The molecule has 0 saturated carbocycles. The summed E-state index contributed by atoms with van der Waals surface area (Å²) in [5.41, 5.74) is 2.64. The van der Waals surface area contributed by atoms with Gasteiger partial charge in [-0.3, -0.25) is 5.10 Å². The minimum Gasteiger partial charge on any atom is -0.464 e. The lowest BCUT2D eigenvalue weighted by molar-refractivity contribution is 0.0595. The second-order valence-electron chi connectivity index (χ2n) is 3.92. The number of aromatic nitrogens is 4. The Bertz CT molecular complexity index is 762. The van der Waals surface area contributed by atoms with E-state index >= 15 is 0 Å². The van der Waals surface area contributed by atoms with Crippen LogP contribution in [0.15, 0.2) is 29.0 Å². The minimum atomic E-state index is -0.408. The third-order valence-corrected chi connectivity index (χ3v) is 3.19. The van der Waals surface area contributed by atoms with Gasteiger partial charge < -0.3 is 9.72 Å². The fourth-order valence-corrected chi connectivity index (χ4v) is 2.19. The third-order valence-electron chi connectivity index (χ3n) is 2.75. The molecule has 0 aromatic carbocycles. The van der Waals surface area contributed by atoms with Gasteiger partial charge in [-0.15, -0.1) is 0 Å². The van der Waals surface area contributed by atoms with Gasteiger partial charge in [0, 0.05) is 27.8 Å². The van der Waals surface area contributed by atoms with Crippen molar-refractivity contribution in [3.05, 3.63) is 34.7 Å². The first kappa shape index (κ1) is 11.9. The van der Waals surface area contributed by atoms with E-state index in [4.69, 9.17) is 0 Å². The summed E-state index contributed by atoms with van der Waals surface area (Å²) in [6.45, 7) is 0. The van der Waals surface area contributed by atoms with Crippen LogP contribution in [0.25, 0.3) is 22.3 Å². The molecule has 3 aromatic rings. The number of fused-ring (bicyclic) bond motifs is 1. The van der Waals surface area contributed by atoms with Crippen molar-refractivity contribution >= 4 is 32.9 Å². The highest BCUT2D eigenvalue weighted by molar-refractivity contribution is 9.10. The molecule has 2 N–H and O–H groups in total. The predicted octanol–water partition coefficient (Wildman–Crippen LogP) is 2.50. The molecule has 0 amide bonds. The van der Waals surface area contributed by atoms with E-state index in [9.17, 15) is 4.79 Å². The Morgan fingerprint density at radius 3 is 3.05 bits per heavy atom. The number of pyridine rings is 1. The van der Waals surface area contributed by atoms with Gasteiger partial charge >= 0.3 is 5.97 Å². The van der Waals surface area contributed by atoms with Gasteiger partial charge in [-0.25, -0.2) is 9.78 Å². The lowest BCUT2D eigenvalue weighted by Crippen LogP contribution is -2.00. The van der Waals surface area contributed by atoms with E-state index in [2.05, 4.69) is 40.8 Å². The largest absolute Gasteiger partial charge is 0.464 e. The van der Waals surface area contributed by atoms with Gasteiger partial charge in [0.1, 0.15) is 5.69 Å². The highest BCUT2D eigenvalue weighted by Gasteiger charge is 2.13. The number of esters is 1. The molecule has 96 valence electrons. The summed E-state index contributed by atoms with van der Waals surface area (Å²) in [7, 11) is 1.34. The molecule has 0 bridgehead atoms. The number of hydrogen-bond donors (Lipinski definition) is 2. The lowest BCUT2D eigenvalue weighted by Gasteiger charge is -1.94. The number of carbonyl (C=O) groups is 1. The fourth-order valence-electron chi connectivity index (χ4n) is 1.86. The second-order valence-corrected chi connectivity index (χ2v) is 4.83. The van der Waals surface area contributed by atoms with E-state index in [0.29, 0.717) is 11.3 Å². The van der Waals surface area contributed by atoms with Gasteiger partial charge in [0.25, 0.3) is 0 Å². The van der Waals surface area contributed by atoms with E-state index < -0.39 is 5.97 Å². The smallest absolute Gasteiger partial charge is 0.354 e. The van der Waals surface area contributed by atoms with Crippen molar-refractivity contribution < 1.29 is 9.53 Å². The summed E-state index contributed by atoms with van der Waals surface area (Å²) in [4.78, 5) is 18.5. The standard InChI is InChI=1S/C12H9BrN4O2/c1-19-12(18)9-2-6(4-14-9)10-8-3-7(13)5-15-11(8)17-16-10/h2-5,14H,1H3,(H,15,16,17). The number of nitrogens with zero attached hydrogens (tertiary/aromatic N) is 2. The Labute approximate surface area is 116 Å². The van der Waals surface area contributed by atoms with Crippen molar-refractivity contribution in [2.45, 2.75) is 0 Å². The summed E-state index contributed by atoms with van der Waals surface area (Å²) in [6.07, 6.45) is 3.41. The SMILES string of the molecule is COC(=O)c1cc(-c2[nH]nc3ncc(Br)cc23)c[nH]1. The summed E-state index contributed by atoms with van der Waals surface area (Å²) in [5.74, 6) is -0.408. The number of carbonyl (C=O) groups excluding carboxylic acids is 1. The number of hydrogen-bond acceptors (Lipinski definition) is 4. The maximum absolute atomic E-state index is 11.4. The highest BCUT2D eigenvalue weighted by atomic mass is 79.9. The molecule has 0 radical (unpaired) electrons. The number of nitrogens with one attached hydrogen (secondary N) is 2. The molecule has 0 aliphatic heterocycles. The van der Waals surface area contributed by atoms with E-state index in [0.717, 1.165) is 21.1 Å². The fraction of sp³-hybridized carbons (Fsp3) is 0.0833. The number of aromatic amines is 2. The Morgan fingerprint density at radius 2 is 2.26 bits per heavy atom. The molecule has 0 aliphatic rings. The first-order chi connectivity index (χ1) is 9.19. The summed E-state index contributed by atoms with van der Waals surface area (Å²) in [6, 6.07) is 3.63. The normalized spacial score (nSPS) is 10.8. The summed E-state index contributed by atoms with van der Waals surface area (Å²) < 4.78 is 5.52. The molecule has 7 heteroatoms. The molecular weight excluding hydrogens is 312 g/mol. The summed E-state index contributed by atoms with van der Waals surface area (Å²) >= 11 is 3.38. The number of methoxy groups -OCH3 is 1. The molecule has 0 saturated heterocycles. The van der Waals surface area contributed by atoms with Crippen molar-refractivity contribution in [3.8, 4) is 11.3 Å². The Hall–Kier alpha value is -2.15. The quantitative estimate of drug-likeness (QED) is 0.710. The molecule has 0 unspecified atom stereocenters. The van der Waals surface area contributed by atoms with Crippen molar-refractivity contribution in [2.75, 3.05) is 7.11 Å². The van der Waals surface area contributed by atoms with Crippen LogP contribution < -0.4 is 0 Å². The van der Waals surface area contributed by atoms with E-state index in [1.54, 1.807) is 18.5 Å². The van der Waals surface area contributed by atoms with Gasteiger partial charge in [-0.2, -0.15) is 5.10 Å². The number of ether oxygens (including phenoxy) is 1. The van der Waals surface area contributed by atoms with Crippen molar-refractivity contribution in [3.63, 3.8) is 0 Å². The predicted molar refractivity (Wildman–Crippen MR) is 72.7 cm³/mol. The number of H-pyrrole nitrogens is 2. The molecule has 0 spiro atoms. The molecule has 0 aliphatic carbocycles. The van der Waals surface area contributed by atoms with Crippen LogP contribution >= 0.6 is 15.9 Å². The first-order valence-corrected chi connectivity index (χ1v) is 6.25. The molecule has 3 rings (SSSR count). The van der Waals surface area contributed by atoms with E-state index in [-0.39, 0.29) is 0 Å². The lowest BCUT2D eigenvalue weighted by atomic mass is 10.1. The van der Waals surface area contributed by atoms with Crippen molar-refractivity contribution in [2.24, 2.45) is 0 Å². The average molecular weight is 321 g/mol. The maximum Gasteiger partial charge on any atom is 0.354 e. The second kappa shape index (κ2) is 4.51. The maximum atomic E-state index is 11.4. The van der Waals surface area contributed by atoms with Gasteiger partial charge in [-0.05, 0) is 28.1 Å². The van der Waals surface area contributed by atoms with Gasteiger partial charge in [0.05, 0.1) is 12.8 Å². The number of halogens is 1. The zero-order chi connectivity index (χ0) is 13.4. The highest BCUT2D eigenvalue weighted by Crippen LogP contribution is 2.27. The van der Waals surface area contributed by atoms with Crippen LogP contribution in [-0.2, 0) is 4.74 Å². The zero-order valence-electron chi connectivity index (χ0n) is 9.90.